The summed E-state index contributed by atoms with van der Waals surface area (Å²) in [5, 5.41) is 26.0. The van der Waals surface area contributed by atoms with Crippen molar-refractivity contribution in [2.75, 3.05) is 0 Å². The third kappa shape index (κ3) is 3.66. The van der Waals surface area contributed by atoms with Crippen molar-refractivity contribution in [1.29, 1.82) is 0 Å². The Labute approximate surface area is 205 Å². The first-order valence-corrected chi connectivity index (χ1v) is 11.6. The summed E-state index contributed by atoms with van der Waals surface area (Å²) in [4.78, 5) is 13.2. The molecule has 2 N–H and O–H groups in total. The first-order chi connectivity index (χ1) is 16.0. The molecule has 0 spiro atoms. The van der Waals surface area contributed by atoms with Crippen molar-refractivity contribution in [3.8, 4) is 0 Å². The van der Waals surface area contributed by atoms with Crippen LogP contribution in [0.1, 0.15) is 23.1 Å². The molecule has 1 amide bonds. The lowest BCUT2D eigenvalue weighted by atomic mass is 9.74. The van der Waals surface area contributed by atoms with Crippen LogP contribution in [0.3, 0.4) is 0 Å². The van der Waals surface area contributed by atoms with E-state index in [9.17, 15) is 15.3 Å². The van der Waals surface area contributed by atoms with Crippen molar-refractivity contribution in [3.63, 3.8) is 0 Å². The highest BCUT2D eigenvalue weighted by molar-refractivity contribution is 14.1. The number of pyridine rings is 1. The van der Waals surface area contributed by atoms with Crippen molar-refractivity contribution in [3.05, 3.63) is 123 Å². The first-order valence-electron chi connectivity index (χ1n) is 10.5. The summed E-state index contributed by atoms with van der Waals surface area (Å²) in [5.74, 6) is 0.904. The van der Waals surface area contributed by atoms with Gasteiger partial charge in [0, 0.05) is 32.2 Å². The van der Waals surface area contributed by atoms with E-state index in [2.05, 4.69) is 33.8 Å². The molecule has 0 aliphatic carbocycles. The molecule has 1 aromatic heterocycles. The second-order valence-corrected chi connectivity index (χ2v) is 9.31. The van der Waals surface area contributed by atoms with Crippen LogP contribution < -0.4 is 9.88 Å². The van der Waals surface area contributed by atoms with Crippen molar-refractivity contribution in [2.24, 2.45) is 0 Å². The molecule has 5 nitrogen and oxygen atoms in total. The van der Waals surface area contributed by atoms with E-state index in [1.165, 1.54) is 0 Å². The summed E-state index contributed by atoms with van der Waals surface area (Å²) in [6, 6.07) is 27.9. The SMILES string of the molecule is [N-]=C=C1C(=O)N[C@@](O)(c2ccccc2)[C@H]([n+]2cccc3ccccc32)[C@H]1c1cccc(I)c1. The molecule has 1 aliphatic heterocycles. The highest BCUT2D eigenvalue weighted by atomic mass is 127. The van der Waals surface area contributed by atoms with Crippen LogP contribution in [0.25, 0.3) is 16.3 Å². The zero-order chi connectivity index (χ0) is 23.0. The second-order valence-electron chi connectivity index (χ2n) is 8.06. The highest BCUT2D eigenvalue weighted by Crippen LogP contribution is 2.45. The maximum absolute atomic E-state index is 13.2. The monoisotopic (exact) mass is 545 g/mol. The number of nitrogens with one attached hydrogen (secondary N) is 1. The molecule has 1 aliphatic rings. The summed E-state index contributed by atoms with van der Waals surface area (Å²) in [7, 11) is 0. The van der Waals surface area contributed by atoms with Gasteiger partial charge in [-0.1, -0.05) is 54.6 Å². The number of rotatable bonds is 3. The van der Waals surface area contributed by atoms with Crippen LogP contribution >= 0.6 is 22.6 Å². The summed E-state index contributed by atoms with van der Waals surface area (Å²) in [5.41, 5.74) is 0.565. The number of benzene rings is 3. The summed E-state index contributed by atoms with van der Waals surface area (Å²) in [6.07, 6.45) is 1.90. The Morgan fingerprint density at radius 3 is 2.45 bits per heavy atom. The molecule has 5 rings (SSSR count). The zero-order valence-corrected chi connectivity index (χ0v) is 19.7. The van der Waals surface area contributed by atoms with Crippen LogP contribution in [-0.2, 0) is 10.5 Å². The number of fused-ring (bicyclic) bond motifs is 1. The number of para-hydroxylation sites is 1. The van der Waals surface area contributed by atoms with Gasteiger partial charge in [0.15, 0.2) is 6.20 Å². The zero-order valence-electron chi connectivity index (χ0n) is 17.5. The molecule has 3 aromatic carbocycles. The van der Waals surface area contributed by atoms with Gasteiger partial charge in [-0.3, -0.25) is 10.7 Å². The summed E-state index contributed by atoms with van der Waals surface area (Å²) < 4.78 is 2.96. The molecule has 1 fully saturated rings. The maximum Gasteiger partial charge on any atom is 0.256 e. The fraction of sp³-hybridized carbons (Fsp3) is 0.111. The van der Waals surface area contributed by atoms with Crippen molar-refractivity contribution in [2.45, 2.75) is 17.7 Å². The Hall–Kier alpha value is -3.32. The number of aromatic nitrogens is 1. The molecule has 1 saturated heterocycles. The number of carbonyl (C=O) groups is 1. The van der Waals surface area contributed by atoms with E-state index in [-0.39, 0.29) is 5.57 Å². The van der Waals surface area contributed by atoms with Gasteiger partial charge in [-0.25, -0.2) is 0 Å². The number of aliphatic hydroxyl groups is 1. The standard InChI is InChI=1S/C27H20IN3O2/c28-21-13-6-9-19(16-21)24-22(17-29)26(32)30-27(33,20-11-2-1-3-12-20)25(24)31-15-7-10-18-8-4-5-14-23(18)31/h1-16,24-25,33H,(H,30,32)/t24-,25+,27+/m0/s1. The molecule has 3 atom stereocenters. The Morgan fingerprint density at radius 2 is 1.70 bits per heavy atom. The minimum absolute atomic E-state index is 0.0723. The second kappa shape index (κ2) is 8.56. The van der Waals surface area contributed by atoms with E-state index in [4.69, 9.17) is 0 Å². The number of nitrogens with zero attached hydrogens (tertiary/aromatic N) is 2. The van der Waals surface area contributed by atoms with Gasteiger partial charge >= 0.3 is 0 Å². The number of carbonyl (C=O) groups excluding carboxylic acids is 1. The number of hydrogen-bond acceptors (Lipinski definition) is 2. The summed E-state index contributed by atoms with van der Waals surface area (Å²) in [6.45, 7) is 0. The van der Waals surface area contributed by atoms with Crippen LogP contribution in [0.2, 0.25) is 0 Å². The smallest absolute Gasteiger partial charge is 0.256 e. The number of piperidine rings is 1. The quantitative estimate of drug-likeness (QED) is 0.175. The molecule has 162 valence electrons. The van der Waals surface area contributed by atoms with Crippen molar-refractivity contribution < 1.29 is 14.5 Å². The minimum atomic E-state index is -1.75. The molecule has 33 heavy (non-hydrogen) atoms. The van der Waals surface area contributed by atoms with Gasteiger partial charge in [-0.15, -0.1) is 0 Å². The number of halogens is 1. The third-order valence-corrected chi connectivity index (χ3v) is 6.85. The third-order valence-electron chi connectivity index (χ3n) is 6.18. The molecule has 0 saturated carbocycles. The fourth-order valence-electron chi connectivity index (χ4n) is 4.75. The Morgan fingerprint density at radius 1 is 0.970 bits per heavy atom. The molecule has 4 aromatic rings. The van der Waals surface area contributed by atoms with Gasteiger partial charge in [-0.05, 0) is 52.4 Å². The Bertz CT molecular complexity index is 1410. The van der Waals surface area contributed by atoms with Crippen LogP contribution in [0.5, 0.6) is 0 Å². The van der Waals surface area contributed by atoms with Gasteiger partial charge in [0.25, 0.3) is 5.91 Å². The van der Waals surface area contributed by atoms with Gasteiger partial charge in [0.2, 0.25) is 17.3 Å². The number of hydrogen-bond donors (Lipinski definition) is 2. The highest BCUT2D eigenvalue weighted by Gasteiger charge is 2.57. The predicted molar refractivity (Wildman–Crippen MR) is 135 cm³/mol. The van der Waals surface area contributed by atoms with Crippen molar-refractivity contribution >= 4 is 45.3 Å². The van der Waals surface area contributed by atoms with Crippen LogP contribution in [-0.4, -0.2) is 16.9 Å². The van der Waals surface area contributed by atoms with Crippen molar-refractivity contribution in [1.82, 2.24) is 5.32 Å². The van der Waals surface area contributed by atoms with Gasteiger partial charge in [0.1, 0.15) is 0 Å². The average Bonchev–Trinajstić information content (AvgIpc) is 2.84. The van der Waals surface area contributed by atoms with E-state index in [0.717, 1.165) is 20.0 Å². The first kappa shape index (κ1) is 21.5. The van der Waals surface area contributed by atoms with Crippen LogP contribution in [0, 0.1) is 3.57 Å². The lowest BCUT2D eigenvalue weighted by Gasteiger charge is -2.42. The van der Waals surface area contributed by atoms with E-state index >= 15 is 0 Å². The lowest BCUT2D eigenvalue weighted by molar-refractivity contribution is -0.720. The van der Waals surface area contributed by atoms with E-state index in [1.54, 1.807) is 12.1 Å². The normalized spacial score (nSPS) is 22.6. The fourth-order valence-corrected chi connectivity index (χ4v) is 5.31. The van der Waals surface area contributed by atoms with E-state index in [0.29, 0.717) is 5.56 Å². The van der Waals surface area contributed by atoms with Gasteiger partial charge in [0.05, 0.1) is 5.92 Å². The van der Waals surface area contributed by atoms with Gasteiger partial charge < -0.3 is 15.8 Å². The molecule has 6 heteroatoms. The largest absolute Gasteiger partial charge is 0.763 e. The minimum Gasteiger partial charge on any atom is -0.763 e. The molecule has 0 radical (unpaired) electrons. The van der Waals surface area contributed by atoms with Crippen LogP contribution in [0.4, 0.5) is 0 Å². The van der Waals surface area contributed by atoms with E-state index < -0.39 is 23.6 Å². The van der Waals surface area contributed by atoms with Crippen LogP contribution in [0.15, 0.2) is 103 Å². The topological polar surface area (TPSA) is 75.5 Å². The molecule has 0 unspecified atom stereocenters. The Kier molecular flexibility index (Phi) is 5.58. The lowest BCUT2D eigenvalue weighted by Crippen LogP contribution is -2.65. The molecular weight excluding hydrogens is 525 g/mol. The average molecular weight is 545 g/mol. The molecule has 0 bridgehead atoms. The number of amides is 1. The molecule has 2 heterocycles. The molecular formula is C27H20IN3O2. The summed E-state index contributed by atoms with van der Waals surface area (Å²) >= 11 is 2.22. The predicted octanol–water partition coefficient (Wildman–Crippen LogP) is 4.20. The van der Waals surface area contributed by atoms with E-state index in [1.807, 2.05) is 89.6 Å². The maximum atomic E-state index is 13.2. The van der Waals surface area contributed by atoms with Gasteiger partial charge in [-0.2, -0.15) is 4.57 Å². The Balaban J connectivity index is 1.86.